The lowest BCUT2D eigenvalue weighted by molar-refractivity contribution is 0.174. The van der Waals surface area contributed by atoms with Crippen LogP contribution in [-0.2, 0) is 4.87 Å². The third-order valence-corrected chi connectivity index (χ3v) is 5.44. The first kappa shape index (κ1) is 10.1. The van der Waals surface area contributed by atoms with E-state index >= 15 is 0 Å². The number of ether oxygens (including phenoxy) is 2. The van der Waals surface area contributed by atoms with E-state index in [0.29, 0.717) is 12.2 Å². The lowest BCUT2D eigenvalue weighted by atomic mass is 9.97. The molecule has 4 rings (SSSR count). The van der Waals surface area contributed by atoms with Crippen LogP contribution in [0.1, 0.15) is 37.7 Å². The molecule has 3 heteroatoms. The van der Waals surface area contributed by atoms with Crippen molar-refractivity contribution in [2.24, 2.45) is 5.41 Å². The van der Waals surface area contributed by atoms with Gasteiger partial charge in [-0.05, 0) is 42.4 Å². The summed E-state index contributed by atoms with van der Waals surface area (Å²) in [4.78, 5) is -0.134. The number of hydrogen-bond donors (Lipinski definition) is 0. The summed E-state index contributed by atoms with van der Waals surface area (Å²) in [5.41, 5.74) is 1.59. The smallest absolute Gasteiger partial charge is 0.231 e. The molecule has 2 aliphatic carbocycles. The van der Waals surface area contributed by atoms with E-state index in [9.17, 15) is 0 Å². The highest BCUT2D eigenvalue weighted by molar-refractivity contribution is 6.27. The minimum atomic E-state index is -0.134. The van der Waals surface area contributed by atoms with E-state index in [1.54, 1.807) is 0 Å². The van der Waals surface area contributed by atoms with Crippen LogP contribution in [0.5, 0.6) is 11.5 Å². The number of fused-ring (bicyclic) bond motifs is 1. The van der Waals surface area contributed by atoms with Crippen molar-refractivity contribution in [3.8, 4) is 11.5 Å². The summed E-state index contributed by atoms with van der Waals surface area (Å²) in [7, 11) is 0. The van der Waals surface area contributed by atoms with Crippen molar-refractivity contribution >= 4 is 11.6 Å². The van der Waals surface area contributed by atoms with Crippen LogP contribution >= 0.6 is 11.6 Å². The molecule has 0 bridgehead atoms. The van der Waals surface area contributed by atoms with Gasteiger partial charge in [0.1, 0.15) is 0 Å². The fourth-order valence-electron chi connectivity index (χ4n) is 3.60. The molecule has 1 heterocycles. The predicted octanol–water partition coefficient (Wildman–Crippen LogP) is 3.81. The third-order valence-electron chi connectivity index (χ3n) is 4.69. The van der Waals surface area contributed by atoms with Crippen LogP contribution in [0.4, 0.5) is 0 Å². The molecule has 17 heavy (non-hydrogen) atoms. The number of rotatable bonds is 1. The average molecular weight is 251 g/mol. The lowest BCUT2D eigenvalue weighted by Crippen LogP contribution is -2.09. The normalized spacial score (nSPS) is 32.1. The molecule has 0 amide bonds. The molecule has 1 atom stereocenters. The van der Waals surface area contributed by atoms with Crippen molar-refractivity contribution in [3.05, 3.63) is 23.8 Å². The molecule has 90 valence electrons. The Morgan fingerprint density at radius 2 is 1.82 bits per heavy atom. The average Bonchev–Trinajstić information content (AvgIpc) is 2.78. The van der Waals surface area contributed by atoms with Gasteiger partial charge in [-0.1, -0.05) is 18.9 Å². The van der Waals surface area contributed by atoms with Crippen LogP contribution in [0, 0.1) is 5.41 Å². The molecule has 1 unspecified atom stereocenters. The Labute approximate surface area is 106 Å². The van der Waals surface area contributed by atoms with Gasteiger partial charge in [0, 0.05) is 0 Å². The highest BCUT2D eigenvalue weighted by Gasteiger charge is 2.67. The minimum absolute atomic E-state index is 0.134. The van der Waals surface area contributed by atoms with Gasteiger partial charge in [0.25, 0.3) is 0 Å². The van der Waals surface area contributed by atoms with E-state index in [2.05, 4.69) is 12.1 Å². The van der Waals surface area contributed by atoms with Crippen molar-refractivity contribution in [3.63, 3.8) is 0 Å². The van der Waals surface area contributed by atoms with Gasteiger partial charge in [-0.3, -0.25) is 0 Å². The summed E-state index contributed by atoms with van der Waals surface area (Å²) in [5, 5.41) is 0. The van der Waals surface area contributed by atoms with Crippen LogP contribution in [0.3, 0.4) is 0 Å². The summed E-state index contributed by atoms with van der Waals surface area (Å²) < 4.78 is 10.8. The first-order valence-electron chi connectivity index (χ1n) is 6.33. The topological polar surface area (TPSA) is 18.5 Å². The van der Waals surface area contributed by atoms with Crippen molar-refractivity contribution in [2.75, 3.05) is 6.79 Å². The number of hydrogen-bond acceptors (Lipinski definition) is 2. The van der Waals surface area contributed by atoms with E-state index in [4.69, 9.17) is 21.1 Å². The van der Waals surface area contributed by atoms with Gasteiger partial charge >= 0.3 is 0 Å². The monoisotopic (exact) mass is 250 g/mol. The summed E-state index contributed by atoms with van der Waals surface area (Å²) in [6.07, 6.45) is 6.36. The fraction of sp³-hybridized carbons (Fsp3) is 0.571. The van der Waals surface area contributed by atoms with Crippen LogP contribution < -0.4 is 9.47 Å². The van der Waals surface area contributed by atoms with Crippen molar-refractivity contribution in [1.82, 2.24) is 0 Å². The predicted molar refractivity (Wildman–Crippen MR) is 65.6 cm³/mol. The summed E-state index contributed by atoms with van der Waals surface area (Å²) in [6, 6.07) is 6.17. The lowest BCUT2D eigenvalue weighted by Gasteiger charge is -2.16. The minimum Gasteiger partial charge on any atom is -0.454 e. The maximum atomic E-state index is 6.84. The second-order valence-electron chi connectivity index (χ2n) is 5.53. The highest BCUT2D eigenvalue weighted by atomic mass is 35.5. The van der Waals surface area contributed by atoms with Gasteiger partial charge in [0.05, 0.1) is 4.87 Å². The number of alkyl halides is 1. The highest BCUT2D eigenvalue weighted by Crippen LogP contribution is 2.74. The second kappa shape index (κ2) is 3.11. The van der Waals surface area contributed by atoms with Gasteiger partial charge in [-0.25, -0.2) is 0 Å². The summed E-state index contributed by atoms with van der Waals surface area (Å²) >= 11 is 6.84. The molecule has 2 fully saturated rings. The van der Waals surface area contributed by atoms with Gasteiger partial charge in [0.15, 0.2) is 11.5 Å². The van der Waals surface area contributed by atoms with E-state index in [-0.39, 0.29) is 4.87 Å². The first-order valence-corrected chi connectivity index (χ1v) is 6.70. The molecule has 2 nitrogen and oxygen atoms in total. The maximum absolute atomic E-state index is 6.84. The van der Waals surface area contributed by atoms with E-state index in [1.807, 2.05) is 6.07 Å². The zero-order chi connectivity index (χ0) is 11.5. The quantitative estimate of drug-likeness (QED) is 0.706. The Hall–Kier alpha value is -0.890. The van der Waals surface area contributed by atoms with Gasteiger partial charge in [-0.2, -0.15) is 0 Å². The fourth-order valence-corrected chi connectivity index (χ4v) is 4.16. The molecule has 1 aromatic carbocycles. The molecule has 2 saturated carbocycles. The zero-order valence-corrected chi connectivity index (χ0v) is 10.4. The SMILES string of the molecule is ClC1(c2ccc3c(c2)OCO3)CC12CCCC2. The molecular weight excluding hydrogens is 236 g/mol. The largest absolute Gasteiger partial charge is 0.454 e. The molecule has 0 aromatic heterocycles. The van der Waals surface area contributed by atoms with Crippen molar-refractivity contribution < 1.29 is 9.47 Å². The van der Waals surface area contributed by atoms with Gasteiger partial charge in [-0.15, -0.1) is 11.6 Å². The van der Waals surface area contributed by atoms with Crippen LogP contribution in [-0.4, -0.2) is 6.79 Å². The molecule has 1 aromatic rings. The molecule has 3 aliphatic rings. The molecule has 0 saturated heterocycles. The molecule has 1 aliphatic heterocycles. The van der Waals surface area contributed by atoms with E-state index in [1.165, 1.54) is 31.2 Å². The van der Waals surface area contributed by atoms with E-state index < -0.39 is 0 Å². The Balaban J connectivity index is 1.72. The number of halogens is 1. The zero-order valence-electron chi connectivity index (χ0n) is 9.67. The summed E-state index contributed by atoms with van der Waals surface area (Å²) in [5.74, 6) is 1.69. The maximum Gasteiger partial charge on any atom is 0.231 e. The Bertz CT molecular complexity index is 479. The van der Waals surface area contributed by atoms with Crippen LogP contribution in [0.2, 0.25) is 0 Å². The van der Waals surface area contributed by atoms with Crippen LogP contribution in [0.15, 0.2) is 18.2 Å². The van der Waals surface area contributed by atoms with Crippen LogP contribution in [0.25, 0.3) is 0 Å². The van der Waals surface area contributed by atoms with E-state index in [0.717, 1.165) is 17.9 Å². The third kappa shape index (κ3) is 1.22. The molecule has 0 radical (unpaired) electrons. The Morgan fingerprint density at radius 3 is 2.65 bits per heavy atom. The first-order chi connectivity index (χ1) is 8.24. The van der Waals surface area contributed by atoms with Crippen molar-refractivity contribution in [2.45, 2.75) is 37.0 Å². The van der Waals surface area contributed by atoms with Gasteiger partial charge in [0.2, 0.25) is 6.79 Å². The molecule has 0 N–H and O–H groups in total. The Morgan fingerprint density at radius 1 is 1.06 bits per heavy atom. The molecular formula is C14H15ClO2. The molecule has 1 spiro atoms. The second-order valence-corrected chi connectivity index (χ2v) is 6.18. The summed E-state index contributed by atoms with van der Waals surface area (Å²) in [6.45, 7) is 0.333. The standard InChI is InChI=1S/C14H15ClO2/c15-14(8-13(14)5-1-2-6-13)10-3-4-11-12(7-10)17-9-16-11/h3-4,7H,1-2,5-6,8-9H2. The van der Waals surface area contributed by atoms with Crippen molar-refractivity contribution in [1.29, 1.82) is 0 Å². The Kier molecular flexibility index (Phi) is 1.84. The van der Waals surface area contributed by atoms with Gasteiger partial charge < -0.3 is 9.47 Å². The number of benzene rings is 1.